The largest absolute Gasteiger partial charge is 0.507 e. The molecule has 0 saturated heterocycles. The first-order chi connectivity index (χ1) is 11.5. The highest BCUT2D eigenvalue weighted by Crippen LogP contribution is 2.20. The van der Waals surface area contributed by atoms with Crippen LogP contribution in [0.15, 0.2) is 58.1 Å². The van der Waals surface area contributed by atoms with Crippen LogP contribution >= 0.6 is 15.9 Å². The van der Waals surface area contributed by atoms with Gasteiger partial charge >= 0.3 is 0 Å². The van der Waals surface area contributed by atoms with E-state index in [0.717, 1.165) is 15.4 Å². The quantitative estimate of drug-likeness (QED) is 0.533. The third kappa shape index (κ3) is 3.44. The average molecular weight is 384 g/mol. The number of hydrogen-bond acceptors (Lipinski definition) is 4. The second-order valence-corrected chi connectivity index (χ2v) is 6.13. The molecule has 24 heavy (non-hydrogen) atoms. The van der Waals surface area contributed by atoms with Crippen LogP contribution in [0.4, 0.5) is 0 Å². The number of carbonyl (C=O) groups is 1. The van der Waals surface area contributed by atoms with Crippen molar-refractivity contribution in [3.05, 3.63) is 69.8 Å². The number of rotatable bonds is 3. The number of hydrazone groups is 1. The molecule has 0 unspecified atom stereocenters. The van der Waals surface area contributed by atoms with Gasteiger partial charge in [0.15, 0.2) is 0 Å². The van der Waals surface area contributed by atoms with Gasteiger partial charge in [-0.2, -0.15) is 5.10 Å². The molecule has 6 heteroatoms. The molecule has 0 fully saturated rings. The maximum atomic E-state index is 12.3. The van der Waals surface area contributed by atoms with Crippen molar-refractivity contribution in [1.29, 1.82) is 0 Å². The number of carbonyl (C=O) groups excluding carboxylic acids is 1. The van der Waals surface area contributed by atoms with Crippen LogP contribution in [0.5, 0.6) is 5.75 Å². The number of phenols is 1. The second kappa shape index (κ2) is 6.80. The fourth-order valence-corrected chi connectivity index (χ4v) is 2.67. The molecule has 0 radical (unpaired) electrons. The van der Waals surface area contributed by atoms with Crippen molar-refractivity contribution in [2.45, 2.75) is 6.92 Å². The van der Waals surface area contributed by atoms with E-state index in [9.17, 15) is 9.90 Å². The standard InChI is InChI=1S/C18H14BrN3O2/c1-11-15(9-12-4-2-3-5-16(12)21-11)18(24)22-20-10-13-8-14(19)6-7-17(13)23/h2-10,23H,1H3,(H,22,24)/b20-10-. The number of pyridine rings is 1. The number of para-hydroxylation sites is 1. The van der Waals surface area contributed by atoms with Crippen LogP contribution in [-0.2, 0) is 0 Å². The third-order valence-corrected chi connectivity index (χ3v) is 4.01. The van der Waals surface area contributed by atoms with E-state index in [1.54, 1.807) is 31.2 Å². The van der Waals surface area contributed by atoms with Crippen LogP contribution in [0.1, 0.15) is 21.6 Å². The lowest BCUT2D eigenvalue weighted by Gasteiger charge is -2.06. The summed E-state index contributed by atoms with van der Waals surface area (Å²) in [5.74, 6) is -0.267. The zero-order valence-electron chi connectivity index (χ0n) is 12.8. The maximum Gasteiger partial charge on any atom is 0.273 e. The number of nitrogens with zero attached hydrogens (tertiary/aromatic N) is 2. The van der Waals surface area contributed by atoms with E-state index in [2.05, 4.69) is 31.4 Å². The number of amides is 1. The number of nitrogens with one attached hydrogen (secondary N) is 1. The molecule has 3 rings (SSSR count). The van der Waals surface area contributed by atoms with Gasteiger partial charge in [-0.1, -0.05) is 34.1 Å². The molecule has 120 valence electrons. The van der Waals surface area contributed by atoms with E-state index in [1.807, 2.05) is 24.3 Å². The number of halogens is 1. The Balaban J connectivity index is 1.81. The monoisotopic (exact) mass is 383 g/mol. The molecule has 0 spiro atoms. The summed E-state index contributed by atoms with van der Waals surface area (Å²) in [5.41, 5.74) is 4.90. The molecule has 0 aliphatic heterocycles. The van der Waals surface area contributed by atoms with Crippen LogP contribution < -0.4 is 5.43 Å². The van der Waals surface area contributed by atoms with Crippen molar-refractivity contribution in [3.63, 3.8) is 0 Å². The summed E-state index contributed by atoms with van der Waals surface area (Å²) in [6.07, 6.45) is 1.39. The van der Waals surface area contributed by atoms with Crippen LogP contribution in [0.25, 0.3) is 10.9 Å². The highest BCUT2D eigenvalue weighted by molar-refractivity contribution is 9.10. The van der Waals surface area contributed by atoms with Gasteiger partial charge < -0.3 is 5.11 Å². The fourth-order valence-electron chi connectivity index (χ4n) is 2.29. The molecular weight excluding hydrogens is 370 g/mol. The lowest BCUT2D eigenvalue weighted by molar-refractivity contribution is 0.0954. The van der Waals surface area contributed by atoms with E-state index in [0.29, 0.717) is 16.8 Å². The number of fused-ring (bicyclic) bond motifs is 1. The second-order valence-electron chi connectivity index (χ2n) is 5.22. The molecule has 0 aliphatic carbocycles. The number of benzene rings is 2. The summed E-state index contributed by atoms with van der Waals surface area (Å²) in [5, 5.41) is 14.5. The summed E-state index contributed by atoms with van der Waals surface area (Å²) in [7, 11) is 0. The third-order valence-electron chi connectivity index (χ3n) is 3.52. The first-order valence-electron chi connectivity index (χ1n) is 7.23. The van der Waals surface area contributed by atoms with E-state index in [-0.39, 0.29) is 11.7 Å². The summed E-state index contributed by atoms with van der Waals surface area (Å²) in [6.45, 7) is 1.78. The van der Waals surface area contributed by atoms with E-state index in [4.69, 9.17) is 0 Å². The molecule has 2 aromatic carbocycles. The van der Waals surface area contributed by atoms with Gasteiger partial charge in [0.1, 0.15) is 5.75 Å². The van der Waals surface area contributed by atoms with Gasteiger partial charge in [-0.3, -0.25) is 9.78 Å². The van der Waals surface area contributed by atoms with Crippen LogP contribution in [0.2, 0.25) is 0 Å². The minimum absolute atomic E-state index is 0.0831. The van der Waals surface area contributed by atoms with Crippen molar-refractivity contribution >= 4 is 39.0 Å². The highest BCUT2D eigenvalue weighted by Gasteiger charge is 2.10. The molecule has 1 aromatic heterocycles. The Labute approximate surface area is 147 Å². The van der Waals surface area contributed by atoms with Gasteiger partial charge in [0.05, 0.1) is 23.0 Å². The summed E-state index contributed by atoms with van der Waals surface area (Å²) < 4.78 is 0.808. The van der Waals surface area contributed by atoms with Crippen molar-refractivity contribution < 1.29 is 9.90 Å². The predicted molar refractivity (Wildman–Crippen MR) is 97.3 cm³/mol. The molecule has 2 N–H and O–H groups in total. The number of hydrogen-bond donors (Lipinski definition) is 2. The van der Waals surface area contributed by atoms with Gasteiger partial charge in [-0.05, 0) is 37.3 Å². The molecule has 0 aliphatic rings. The Morgan fingerprint density at radius 3 is 2.88 bits per heavy atom. The lowest BCUT2D eigenvalue weighted by atomic mass is 10.1. The molecule has 3 aromatic rings. The number of aryl methyl sites for hydroxylation is 1. The highest BCUT2D eigenvalue weighted by atomic mass is 79.9. The van der Waals surface area contributed by atoms with Crippen molar-refractivity contribution in [2.75, 3.05) is 0 Å². The molecular formula is C18H14BrN3O2. The topological polar surface area (TPSA) is 74.6 Å². The van der Waals surface area contributed by atoms with Crippen LogP contribution in [0, 0.1) is 6.92 Å². The molecule has 0 saturated carbocycles. The molecule has 0 atom stereocenters. The SMILES string of the molecule is Cc1nc2ccccc2cc1C(=O)N/N=C\c1cc(Br)ccc1O. The Kier molecular flexibility index (Phi) is 4.57. The Bertz CT molecular complexity index is 954. The maximum absolute atomic E-state index is 12.3. The average Bonchev–Trinajstić information content (AvgIpc) is 2.57. The van der Waals surface area contributed by atoms with Gasteiger partial charge in [0.25, 0.3) is 5.91 Å². The molecule has 0 bridgehead atoms. The Hall–Kier alpha value is -2.73. The van der Waals surface area contributed by atoms with Gasteiger partial charge in [-0.15, -0.1) is 0 Å². The Morgan fingerprint density at radius 2 is 2.04 bits per heavy atom. The van der Waals surface area contributed by atoms with Crippen molar-refractivity contribution in [2.24, 2.45) is 5.10 Å². The molecule has 5 nitrogen and oxygen atoms in total. The lowest BCUT2D eigenvalue weighted by Crippen LogP contribution is -2.19. The van der Waals surface area contributed by atoms with Crippen LogP contribution in [-0.4, -0.2) is 22.2 Å². The normalized spacial score (nSPS) is 11.1. The minimum Gasteiger partial charge on any atom is -0.507 e. The van der Waals surface area contributed by atoms with E-state index >= 15 is 0 Å². The van der Waals surface area contributed by atoms with E-state index < -0.39 is 0 Å². The number of aromatic hydroxyl groups is 1. The number of aromatic nitrogens is 1. The zero-order valence-corrected chi connectivity index (χ0v) is 14.4. The number of phenolic OH excluding ortho intramolecular Hbond substituents is 1. The van der Waals surface area contributed by atoms with Crippen molar-refractivity contribution in [1.82, 2.24) is 10.4 Å². The smallest absolute Gasteiger partial charge is 0.273 e. The summed E-state index contributed by atoms with van der Waals surface area (Å²) >= 11 is 3.32. The summed E-state index contributed by atoms with van der Waals surface area (Å²) in [4.78, 5) is 16.7. The van der Waals surface area contributed by atoms with Crippen molar-refractivity contribution in [3.8, 4) is 5.75 Å². The first kappa shape index (κ1) is 16.1. The molecule has 1 heterocycles. The predicted octanol–water partition coefficient (Wildman–Crippen LogP) is 3.78. The van der Waals surface area contributed by atoms with Crippen LogP contribution in [0.3, 0.4) is 0 Å². The zero-order chi connectivity index (χ0) is 17.1. The molecule has 1 amide bonds. The Morgan fingerprint density at radius 1 is 1.25 bits per heavy atom. The van der Waals surface area contributed by atoms with E-state index in [1.165, 1.54) is 6.21 Å². The van der Waals surface area contributed by atoms with Gasteiger partial charge in [0, 0.05) is 15.4 Å². The first-order valence-corrected chi connectivity index (χ1v) is 8.02. The fraction of sp³-hybridized carbons (Fsp3) is 0.0556. The van der Waals surface area contributed by atoms with Gasteiger partial charge in [0.2, 0.25) is 0 Å². The van der Waals surface area contributed by atoms with Gasteiger partial charge in [-0.25, -0.2) is 5.43 Å². The summed E-state index contributed by atoms with van der Waals surface area (Å²) in [6, 6.07) is 14.4. The minimum atomic E-state index is -0.350.